The SMILES string of the molecule is O=C(NC(NC(=S)Nc1ccc([N+](=O)[O-])cc1Cl)C(Cl)(Cl)Cl)c1ccccc1I. The number of benzene rings is 2. The van der Waals surface area contributed by atoms with E-state index in [1.54, 1.807) is 24.3 Å². The van der Waals surface area contributed by atoms with Crippen LogP contribution in [0.25, 0.3) is 0 Å². The molecule has 3 N–H and O–H groups in total. The number of halogens is 5. The minimum Gasteiger partial charge on any atom is -0.339 e. The van der Waals surface area contributed by atoms with E-state index in [0.717, 1.165) is 6.07 Å². The number of hydrogen-bond donors (Lipinski definition) is 3. The first kappa shape index (κ1) is 24.2. The molecule has 0 aromatic heterocycles. The number of hydrogen-bond acceptors (Lipinski definition) is 4. The monoisotopic (exact) mass is 606 g/mol. The molecule has 0 aliphatic heterocycles. The second-order valence-corrected chi connectivity index (χ2v) is 9.79. The fourth-order valence-electron chi connectivity index (χ4n) is 2.06. The maximum Gasteiger partial charge on any atom is 0.271 e. The fourth-order valence-corrected chi connectivity index (χ4v) is 3.47. The summed E-state index contributed by atoms with van der Waals surface area (Å²) in [6.07, 6.45) is -1.19. The summed E-state index contributed by atoms with van der Waals surface area (Å²) >= 11 is 31.1. The first-order valence-corrected chi connectivity index (χ1v) is 10.6. The second-order valence-electron chi connectivity index (χ2n) is 5.45. The van der Waals surface area contributed by atoms with E-state index >= 15 is 0 Å². The number of thiocarbonyl (C=S) groups is 1. The molecule has 0 aliphatic carbocycles. The number of anilines is 1. The van der Waals surface area contributed by atoms with Crippen molar-refractivity contribution in [1.29, 1.82) is 0 Å². The predicted molar refractivity (Wildman–Crippen MR) is 128 cm³/mol. The zero-order valence-electron chi connectivity index (χ0n) is 14.1. The summed E-state index contributed by atoms with van der Waals surface area (Å²) < 4.78 is -1.23. The highest BCUT2D eigenvalue weighted by Crippen LogP contribution is 2.30. The van der Waals surface area contributed by atoms with Gasteiger partial charge >= 0.3 is 0 Å². The van der Waals surface area contributed by atoms with Gasteiger partial charge in [0, 0.05) is 15.7 Å². The summed E-state index contributed by atoms with van der Waals surface area (Å²) in [5.74, 6) is -0.477. The maximum absolute atomic E-state index is 12.5. The Balaban J connectivity index is 2.12. The van der Waals surface area contributed by atoms with Crippen molar-refractivity contribution in [2.45, 2.75) is 9.96 Å². The second kappa shape index (κ2) is 10.3. The molecule has 2 aromatic rings. The van der Waals surface area contributed by atoms with E-state index < -0.39 is 20.8 Å². The Hall–Kier alpha value is -1.11. The quantitative estimate of drug-likeness (QED) is 0.107. The van der Waals surface area contributed by atoms with Crippen LogP contribution < -0.4 is 16.0 Å². The number of nitro groups is 1. The third-order valence-corrected chi connectivity index (χ3v) is 5.54. The Morgan fingerprint density at radius 3 is 2.38 bits per heavy atom. The highest BCUT2D eigenvalue weighted by Gasteiger charge is 2.35. The van der Waals surface area contributed by atoms with Gasteiger partial charge in [-0.15, -0.1) is 0 Å². The highest BCUT2D eigenvalue weighted by atomic mass is 127. The number of rotatable bonds is 5. The Morgan fingerprint density at radius 2 is 1.83 bits per heavy atom. The van der Waals surface area contributed by atoms with E-state index in [2.05, 4.69) is 16.0 Å². The molecule has 29 heavy (non-hydrogen) atoms. The van der Waals surface area contributed by atoms with Crippen molar-refractivity contribution in [3.8, 4) is 0 Å². The van der Waals surface area contributed by atoms with Crippen molar-refractivity contribution in [1.82, 2.24) is 10.6 Å². The highest BCUT2D eigenvalue weighted by molar-refractivity contribution is 14.1. The van der Waals surface area contributed by atoms with E-state index in [1.165, 1.54) is 12.1 Å². The minimum atomic E-state index is -1.94. The van der Waals surface area contributed by atoms with Gasteiger partial charge in [-0.25, -0.2) is 0 Å². The molecule has 0 heterocycles. The van der Waals surface area contributed by atoms with Gasteiger partial charge in [0.05, 0.1) is 21.2 Å². The molecule has 0 bridgehead atoms. The number of carbonyl (C=O) groups is 1. The Bertz CT molecular complexity index is 958. The largest absolute Gasteiger partial charge is 0.339 e. The first-order chi connectivity index (χ1) is 13.5. The van der Waals surface area contributed by atoms with E-state index in [9.17, 15) is 14.9 Å². The van der Waals surface area contributed by atoms with E-state index in [4.69, 9.17) is 58.6 Å². The molecule has 13 heteroatoms. The van der Waals surface area contributed by atoms with Crippen LogP contribution in [0.4, 0.5) is 11.4 Å². The van der Waals surface area contributed by atoms with E-state index in [1.807, 2.05) is 22.6 Å². The van der Waals surface area contributed by atoms with Crippen LogP contribution in [0.3, 0.4) is 0 Å². The summed E-state index contributed by atoms with van der Waals surface area (Å²) in [5.41, 5.74) is 0.511. The van der Waals surface area contributed by atoms with Gasteiger partial charge in [0.2, 0.25) is 3.79 Å². The Kier molecular flexibility index (Phi) is 8.56. The van der Waals surface area contributed by atoms with Gasteiger partial charge in [-0.3, -0.25) is 14.9 Å². The number of alkyl halides is 3. The van der Waals surface area contributed by atoms with Crippen molar-refractivity contribution >= 4 is 104 Å². The van der Waals surface area contributed by atoms with Crippen molar-refractivity contribution in [3.63, 3.8) is 0 Å². The molecule has 0 spiro atoms. The van der Waals surface area contributed by atoms with Gasteiger partial charge in [0.1, 0.15) is 6.17 Å². The first-order valence-electron chi connectivity index (χ1n) is 7.62. The number of amides is 1. The molecule has 154 valence electrons. The lowest BCUT2D eigenvalue weighted by molar-refractivity contribution is -0.384. The van der Waals surface area contributed by atoms with E-state index in [0.29, 0.717) is 14.8 Å². The molecule has 0 radical (unpaired) electrons. The number of nitrogens with one attached hydrogen (secondary N) is 3. The Morgan fingerprint density at radius 1 is 1.17 bits per heavy atom. The van der Waals surface area contributed by atoms with Crippen LogP contribution in [0.2, 0.25) is 5.02 Å². The van der Waals surface area contributed by atoms with Crippen molar-refractivity contribution in [2.24, 2.45) is 0 Å². The molecule has 1 unspecified atom stereocenters. The summed E-state index contributed by atoms with van der Waals surface area (Å²) in [6, 6.07) is 10.7. The smallest absolute Gasteiger partial charge is 0.271 e. The molecule has 0 saturated heterocycles. The van der Waals surface area contributed by atoms with Gasteiger partial charge in [0.25, 0.3) is 11.6 Å². The predicted octanol–water partition coefficient (Wildman–Crippen LogP) is 5.27. The molecular formula is C16H11Cl4IN4O3S. The fraction of sp³-hybridized carbons (Fsp3) is 0.125. The summed E-state index contributed by atoms with van der Waals surface area (Å²) in [6.45, 7) is 0. The molecule has 0 saturated carbocycles. The lowest BCUT2D eigenvalue weighted by Crippen LogP contribution is -2.56. The van der Waals surface area contributed by atoms with E-state index in [-0.39, 0.29) is 15.8 Å². The average molecular weight is 608 g/mol. The average Bonchev–Trinajstić information content (AvgIpc) is 2.62. The van der Waals surface area contributed by atoms with Crippen LogP contribution in [0.15, 0.2) is 42.5 Å². The van der Waals surface area contributed by atoms with Crippen molar-refractivity contribution in [3.05, 3.63) is 66.7 Å². The van der Waals surface area contributed by atoms with Crippen molar-refractivity contribution < 1.29 is 9.72 Å². The zero-order valence-corrected chi connectivity index (χ0v) is 20.1. The van der Waals surface area contributed by atoms with Crippen LogP contribution in [-0.4, -0.2) is 25.9 Å². The standard InChI is InChI=1S/C16H11Cl4IN4O3S/c17-10-7-8(25(27)28)5-6-12(10)22-15(29)24-14(16(18,19)20)23-13(26)9-3-1-2-4-11(9)21/h1-7,14H,(H,23,26)(H2,22,24,29). The van der Waals surface area contributed by atoms with Gasteiger partial charge < -0.3 is 16.0 Å². The summed E-state index contributed by atoms with van der Waals surface area (Å²) in [7, 11) is 0. The normalized spacial score (nSPS) is 12.0. The molecule has 2 rings (SSSR count). The summed E-state index contributed by atoms with van der Waals surface area (Å²) in [5, 5.41) is 18.8. The topological polar surface area (TPSA) is 96.3 Å². The van der Waals surface area contributed by atoms with Crippen LogP contribution in [-0.2, 0) is 0 Å². The maximum atomic E-state index is 12.5. The minimum absolute atomic E-state index is 0.0277. The van der Waals surface area contributed by atoms with Crippen LogP contribution in [0.1, 0.15) is 10.4 Å². The van der Waals surface area contributed by atoms with Crippen LogP contribution in [0.5, 0.6) is 0 Å². The van der Waals surface area contributed by atoms with Gasteiger partial charge in [0.15, 0.2) is 5.11 Å². The number of carbonyl (C=O) groups excluding carboxylic acids is 1. The van der Waals surface area contributed by atoms with Gasteiger partial charge in [-0.2, -0.15) is 0 Å². The molecule has 1 atom stereocenters. The molecule has 2 aromatic carbocycles. The molecular weight excluding hydrogens is 597 g/mol. The third kappa shape index (κ3) is 6.97. The van der Waals surface area contributed by atoms with Crippen LogP contribution >= 0.6 is 81.2 Å². The molecule has 0 aliphatic rings. The number of non-ortho nitro benzene ring substituents is 1. The third-order valence-electron chi connectivity index (χ3n) is 3.41. The molecule has 1 amide bonds. The number of nitro benzene ring substituents is 1. The van der Waals surface area contributed by atoms with Crippen LogP contribution in [0, 0.1) is 13.7 Å². The zero-order chi connectivity index (χ0) is 21.8. The number of nitrogens with zero attached hydrogens (tertiary/aromatic N) is 1. The lowest BCUT2D eigenvalue weighted by atomic mass is 10.2. The lowest BCUT2D eigenvalue weighted by Gasteiger charge is -2.28. The van der Waals surface area contributed by atoms with Gasteiger partial charge in [-0.1, -0.05) is 58.5 Å². The summed E-state index contributed by atoms with van der Waals surface area (Å²) in [4.78, 5) is 22.7. The molecule has 0 fully saturated rings. The Labute approximate surface area is 204 Å². The van der Waals surface area contributed by atoms with Gasteiger partial charge in [-0.05, 0) is 53.0 Å². The molecule has 7 nitrogen and oxygen atoms in total. The van der Waals surface area contributed by atoms with Crippen molar-refractivity contribution in [2.75, 3.05) is 5.32 Å².